The molecule has 30 heavy (non-hydrogen) atoms. The van der Waals surface area contributed by atoms with Crippen molar-refractivity contribution in [3.63, 3.8) is 0 Å². The molecule has 0 aliphatic carbocycles. The third-order valence-electron chi connectivity index (χ3n) is 4.56. The van der Waals surface area contributed by atoms with Gasteiger partial charge < -0.3 is 29.1 Å². The second kappa shape index (κ2) is 9.39. The summed E-state index contributed by atoms with van der Waals surface area (Å²) in [5, 5.41) is 0.485. The molecule has 0 spiro atoms. The molecule has 0 amide bonds. The van der Waals surface area contributed by atoms with Gasteiger partial charge in [-0.1, -0.05) is 18.7 Å². The van der Waals surface area contributed by atoms with E-state index in [4.69, 9.17) is 24.3 Å². The zero-order chi connectivity index (χ0) is 20.8. The summed E-state index contributed by atoms with van der Waals surface area (Å²) in [5.74, 6) is -0.311. The van der Waals surface area contributed by atoms with Gasteiger partial charge in [-0.3, -0.25) is 13.9 Å². The van der Waals surface area contributed by atoms with Gasteiger partial charge >= 0.3 is 35.5 Å². The number of nitrogens with two attached hydrogens (primary N) is 1. The number of anilines is 1. The van der Waals surface area contributed by atoms with Gasteiger partial charge in [-0.15, -0.1) is 0 Å². The molecule has 12 nitrogen and oxygen atoms in total. The molecular weight excluding hydrogens is 448 g/mol. The smallest absolute Gasteiger partial charge is 0.756 e. The van der Waals surface area contributed by atoms with Gasteiger partial charge in [0.1, 0.15) is 18.5 Å². The molecule has 2 saturated heterocycles. The zero-order valence-electron chi connectivity index (χ0n) is 16.6. The van der Waals surface area contributed by atoms with E-state index in [1.165, 1.54) is 18.1 Å². The van der Waals surface area contributed by atoms with Gasteiger partial charge in [-0.25, -0.2) is 15.0 Å². The maximum Gasteiger partial charge on any atom is 1.00 e. The predicted molar refractivity (Wildman–Crippen MR) is 98.6 cm³/mol. The second-order valence-electron chi connectivity index (χ2n) is 6.48. The van der Waals surface area contributed by atoms with E-state index in [0.29, 0.717) is 22.7 Å². The molecule has 0 aromatic carbocycles. The summed E-state index contributed by atoms with van der Waals surface area (Å²) in [7, 11) is -4.53. The third-order valence-corrected chi connectivity index (χ3v) is 6.18. The molecule has 2 fully saturated rings. The van der Waals surface area contributed by atoms with Crippen LogP contribution in [0.4, 0.5) is 5.82 Å². The van der Waals surface area contributed by atoms with Crippen molar-refractivity contribution >= 4 is 42.5 Å². The molecule has 0 radical (unpaired) electrons. The number of aromatic nitrogens is 4. The van der Waals surface area contributed by atoms with E-state index < -0.39 is 38.3 Å². The zero-order valence-corrected chi connectivity index (χ0v) is 20.3. The first-order valence-corrected chi connectivity index (χ1v) is 11.5. The summed E-state index contributed by atoms with van der Waals surface area (Å²) in [6.45, 7) is 1.58. The molecular formula is C15H19N5NaO7PS. The number of rotatable bonds is 5. The number of phosphoric ester groups is 1. The molecule has 0 saturated carbocycles. The number of thioether (sulfide) groups is 1. The minimum atomic E-state index is -4.53. The van der Waals surface area contributed by atoms with Gasteiger partial charge in [0.25, 0.3) is 7.82 Å². The van der Waals surface area contributed by atoms with E-state index in [1.54, 1.807) is 10.8 Å². The minimum Gasteiger partial charge on any atom is -0.756 e. The number of nitrogens with zero attached hydrogens (tertiary/aromatic N) is 4. The molecule has 158 valence electrons. The van der Waals surface area contributed by atoms with E-state index in [9.17, 15) is 14.3 Å². The maximum absolute atomic E-state index is 12.2. The number of carbonyl (C=O) groups excluding carboxylic acids is 1. The quantitative estimate of drug-likeness (QED) is 0.215. The molecule has 1 unspecified atom stereocenters. The fourth-order valence-corrected chi connectivity index (χ4v) is 4.86. The van der Waals surface area contributed by atoms with Crippen LogP contribution in [0.2, 0.25) is 0 Å². The number of hydrogen-bond acceptors (Lipinski definition) is 12. The van der Waals surface area contributed by atoms with Crippen LogP contribution in [0.5, 0.6) is 0 Å². The van der Waals surface area contributed by atoms with Crippen molar-refractivity contribution in [1.82, 2.24) is 19.5 Å². The first-order chi connectivity index (χ1) is 13.8. The Kier molecular flexibility index (Phi) is 7.48. The van der Waals surface area contributed by atoms with Crippen molar-refractivity contribution in [2.24, 2.45) is 0 Å². The third kappa shape index (κ3) is 4.41. The molecule has 5 atom stereocenters. The summed E-state index contributed by atoms with van der Waals surface area (Å²) in [5.41, 5.74) is 6.64. The summed E-state index contributed by atoms with van der Waals surface area (Å²) in [4.78, 5) is 36.7. The average Bonchev–Trinajstić information content (AvgIpc) is 3.20. The van der Waals surface area contributed by atoms with E-state index >= 15 is 0 Å². The van der Waals surface area contributed by atoms with Crippen LogP contribution in [0.15, 0.2) is 11.5 Å². The first kappa shape index (κ1) is 23.9. The van der Waals surface area contributed by atoms with Crippen molar-refractivity contribution in [3.05, 3.63) is 6.33 Å². The number of phosphoric acid groups is 1. The standard InChI is InChI=1S/C15H20N5O7PS.Na/c1-3-4-8(21)26-11-10-7(5-24-28(22,23)27-10)25-14(11)20-13-9(19-15(20)29-2)12(16)17-6-18-13;/h6-7,10-11,14H,3-5H2,1-2H3,(H,22,23)(H2,16,17,18);/q;+1/p-1/t7-,10-,11-,14-;/m1./s1. The largest absolute Gasteiger partial charge is 1.00 e. The number of imidazole rings is 1. The van der Waals surface area contributed by atoms with Crippen molar-refractivity contribution in [1.29, 1.82) is 0 Å². The van der Waals surface area contributed by atoms with Crippen molar-refractivity contribution < 1.29 is 62.3 Å². The average molecular weight is 467 g/mol. The van der Waals surface area contributed by atoms with Gasteiger partial charge in [0.2, 0.25) is 0 Å². The Morgan fingerprint density at radius 1 is 1.50 bits per heavy atom. The number of hydrogen-bond donors (Lipinski definition) is 1. The topological polar surface area (TPSA) is 164 Å². The van der Waals surface area contributed by atoms with Crippen LogP contribution >= 0.6 is 19.6 Å². The SMILES string of the molecule is CCCC(=O)O[C@@H]1[C@@H]2OP(=O)([O-])OC[C@H]2O[C@H]1n1c(SC)nc2c(N)ncnc21.[Na+]. The fourth-order valence-electron chi connectivity index (χ4n) is 3.34. The Morgan fingerprint density at radius 3 is 2.97 bits per heavy atom. The summed E-state index contributed by atoms with van der Waals surface area (Å²) in [6, 6.07) is 0. The van der Waals surface area contributed by atoms with Gasteiger partial charge in [-0.05, 0) is 12.7 Å². The molecule has 4 heterocycles. The molecule has 4 rings (SSSR count). The van der Waals surface area contributed by atoms with Crippen LogP contribution < -0.4 is 40.2 Å². The van der Waals surface area contributed by atoms with Gasteiger partial charge in [0.15, 0.2) is 34.5 Å². The summed E-state index contributed by atoms with van der Waals surface area (Å²) in [6.07, 6.45) is 0.0212. The van der Waals surface area contributed by atoms with E-state index in [-0.39, 0.29) is 48.4 Å². The number of ether oxygens (including phenoxy) is 2. The van der Waals surface area contributed by atoms with Crippen LogP contribution in [0.25, 0.3) is 11.2 Å². The van der Waals surface area contributed by atoms with Gasteiger partial charge in [0.05, 0.1) is 6.61 Å². The monoisotopic (exact) mass is 467 g/mol. The van der Waals surface area contributed by atoms with Crippen molar-refractivity contribution in [3.8, 4) is 0 Å². The van der Waals surface area contributed by atoms with Gasteiger partial charge in [0, 0.05) is 6.42 Å². The van der Waals surface area contributed by atoms with E-state index in [0.717, 1.165) is 0 Å². The number of esters is 1. The Morgan fingerprint density at radius 2 is 2.27 bits per heavy atom. The minimum absolute atomic E-state index is 0. The molecule has 2 aromatic heterocycles. The van der Waals surface area contributed by atoms with Crippen LogP contribution in [0, 0.1) is 0 Å². The van der Waals surface area contributed by atoms with E-state index in [2.05, 4.69) is 15.0 Å². The van der Waals surface area contributed by atoms with Crippen LogP contribution in [0.3, 0.4) is 0 Å². The number of nitrogen functional groups attached to an aromatic ring is 1. The maximum atomic E-state index is 12.2. The molecule has 2 aromatic rings. The second-order valence-corrected chi connectivity index (χ2v) is 8.62. The van der Waals surface area contributed by atoms with E-state index in [1.807, 2.05) is 6.92 Å². The normalized spacial score (nSPS) is 30.6. The van der Waals surface area contributed by atoms with Crippen LogP contribution in [-0.2, 0) is 27.9 Å². The summed E-state index contributed by atoms with van der Waals surface area (Å²) < 4.78 is 34.9. The Bertz CT molecular complexity index is 994. The molecule has 0 bridgehead atoms. The number of carbonyl (C=O) groups is 1. The van der Waals surface area contributed by atoms with Crippen molar-refractivity contribution in [2.45, 2.75) is 49.5 Å². The molecule has 2 aliphatic rings. The Labute approximate surface area is 198 Å². The fraction of sp³-hybridized carbons (Fsp3) is 0.600. The Hall–Kier alpha value is -0.760. The molecule has 15 heteroatoms. The van der Waals surface area contributed by atoms with Crippen molar-refractivity contribution in [2.75, 3.05) is 18.6 Å². The Balaban J connectivity index is 0.00000256. The first-order valence-electron chi connectivity index (χ1n) is 8.86. The van der Waals surface area contributed by atoms with Crippen LogP contribution in [-0.4, -0.2) is 56.7 Å². The molecule has 2 N–H and O–H groups in total. The van der Waals surface area contributed by atoms with Gasteiger partial charge in [-0.2, -0.15) is 0 Å². The summed E-state index contributed by atoms with van der Waals surface area (Å²) >= 11 is 1.30. The number of fused-ring (bicyclic) bond motifs is 2. The predicted octanol–water partition coefficient (Wildman–Crippen LogP) is -2.37. The van der Waals surface area contributed by atoms with Crippen LogP contribution in [0.1, 0.15) is 26.0 Å². The molecule has 2 aliphatic heterocycles.